The van der Waals surface area contributed by atoms with Gasteiger partial charge in [-0.15, -0.1) is 0 Å². The molecule has 1 saturated carbocycles. The molecule has 0 saturated heterocycles. The minimum Gasteiger partial charge on any atom is -0.265 e. The highest BCUT2D eigenvalue weighted by molar-refractivity contribution is 4.87. The molecule has 1 aliphatic carbocycles. The second-order valence-corrected chi connectivity index (χ2v) is 4.38. The molecule has 15 heavy (non-hydrogen) atoms. The van der Waals surface area contributed by atoms with E-state index in [0.717, 1.165) is 19.3 Å². The Kier molecular flexibility index (Phi) is 3.60. The molecule has 0 aliphatic heterocycles. The van der Waals surface area contributed by atoms with Crippen LogP contribution in [0.25, 0.3) is 0 Å². The molecule has 86 valence electrons. The molecule has 0 spiro atoms. The van der Waals surface area contributed by atoms with Gasteiger partial charge in [0.1, 0.15) is 5.41 Å². The zero-order valence-corrected chi connectivity index (χ0v) is 8.85. The molecular formula is C9H16N2O4. The minimum atomic E-state index is -0.816. The first kappa shape index (κ1) is 11.9. The Labute approximate surface area is 88.0 Å². The van der Waals surface area contributed by atoms with Crippen molar-refractivity contribution in [2.75, 3.05) is 6.54 Å². The highest BCUT2D eigenvalue weighted by atomic mass is 16.6. The summed E-state index contributed by atoms with van der Waals surface area (Å²) in [5.41, 5.74) is -0.717. The minimum absolute atomic E-state index is 0.269. The average Bonchev–Trinajstić information content (AvgIpc) is 2.16. The number of rotatable bonds is 4. The normalized spacial score (nSPS) is 21.9. The largest absolute Gasteiger partial charge is 0.265 e. The van der Waals surface area contributed by atoms with Gasteiger partial charge in [-0.3, -0.25) is 20.2 Å². The Bertz CT molecular complexity index is 261. The maximum Gasteiger partial charge on any atom is 0.222 e. The summed E-state index contributed by atoms with van der Waals surface area (Å²) in [7, 11) is 0. The molecule has 1 aliphatic rings. The van der Waals surface area contributed by atoms with Crippen LogP contribution in [0.5, 0.6) is 0 Å². The van der Waals surface area contributed by atoms with E-state index in [4.69, 9.17) is 0 Å². The molecule has 0 radical (unpaired) electrons. The van der Waals surface area contributed by atoms with Crippen molar-refractivity contribution >= 4 is 0 Å². The lowest BCUT2D eigenvalue weighted by molar-refractivity contribution is -0.569. The first-order valence-electron chi connectivity index (χ1n) is 5.23. The van der Waals surface area contributed by atoms with Crippen molar-refractivity contribution in [3.05, 3.63) is 20.2 Å². The van der Waals surface area contributed by atoms with E-state index in [1.807, 2.05) is 0 Å². The van der Waals surface area contributed by atoms with Gasteiger partial charge >= 0.3 is 0 Å². The summed E-state index contributed by atoms with van der Waals surface area (Å²) < 4.78 is 0. The smallest absolute Gasteiger partial charge is 0.222 e. The van der Waals surface area contributed by atoms with Crippen LogP contribution in [-0.4, -0.2) is 22.4 Å². The summed E-state index contributed by atoms with van der Waals surface area (Å²) in [6.07, 6.45) is 3.98. The molecule has 0 N–H and O–H groups in total. The van der Waals surface area contributed by atoms with Crippen LogP contribution in [0.4, 0.5) is 0 Å². The van der Waals surface area contributed by atoms with Crippen LogP contribution < -0.4 is 0 Å². The zero-order chi connectivity index (χ0) is 11.5. The van der Waals surface area contributed by atoms with E-state index >= 15 is 0 Å². The highest BCUT2D eigenvalue weighted by Gasteiger charge is 2.48. The van der Waals surface area contributed by atoms with Crippen LogP contribution in [0.2, 0.25) is 0 Å². The van der Waals surface area contributed by atoms with Gasteiger partial charge < -0.3 is 0 Å². The quantitative estimate of drug-likeness (QED) is 0.530. The van der Waals surface area contributed by atoms with Gasteiger partial charge in [0, 0.05) is 16.8 Å². The third-order valence-corrected chi connectivity index (χ3v) is 3.50. The first-order valence-corrected chi connectivity index (χ1v) is 5.23. The molecular weight excluding hydrogens is 200 g/mol. The zero-order valence-electron chi connectivity index (χ0n) is 8.85. The highest BCUT2D eigenvalue weighted by Crippen LogP contribution is 2.40. The van der Waals surface area contributed by atoms with E-state index in [-0.39, 0.29) is 11.5 Å². The summed E-state index contributed by atoms with van der Waals surface area (Å²) in [6, 6.07) is -0.816. The van der Waals surface area contributed by atoms with Crippen LogP contribution in [0.3, 0.4) is 0 Å². The Morgan fingerprint density at radius 1 is 1.20 bits per heavy atom. The van der Waals surface area contributed by atoms with E-state index in [0.29, 0.717) is 12.8 Å². The van der Waals surface area contributed by atoms with E-state index in [9.17, 15) is 20.2 Å². The summed E-state index contributed by atoms with van der Waals surface area (Å²) in [5.74, 6) is 0. The molecule has 1 atom stereocenters. The fourth-order valence-corrected chi connectivity index (χ4v) is 2.44. The Morgan fingerprint density at radius 3 is 2.13 bits per heavy atom. The molecule has 1 rings (SSSR count). The van der Waals surface area contributed by atoms with Gasteiger partial charge in [0.05, 0.1) is 0 Å². The summed E-state index contributed by atoms with van der Waals surface area (Å²) in [5, 5.41) is 21.4. The van der Waals surface area contributed by atoms with Gasteiger partial charge in [0.25, 0.3) is 0 Å². The van der Waals surface area contributed by atoms with Crippen molar-refractivity contribution in [1.29, 1.82) is 0 Å². The molecule has 0 aromatic heterocycles. The maximum absolute atomic E-state index is 10.8. The molecule has 0 amide bonds. The molecule has 0 heterocycles. The Hall–Kier alpha value is -1.20. The van der Waals surface area contributed by atoms with Crippen LogP contribution in [0.15, 0.2) is 0 Å². The molecule has 0 aromatic rings. The van der Waals surface area contributed by atoms with Gasteiger partial charge in [-0.05, 0) is 12.8 Å². The summed E-state index contributed by atoms with van der Waals surface area (Å²) >= 11 is 0. The fraction of sp³-hybridized carbons (Fsp3) is 1.00. The van der Waals surface area contributed by atoms with Crippen molar-refractivity contribution in [2.45, 2.75) is 45.1 Å². The van der Waals surface area contributed by atoms with Crippen molar-refractivity contribution in [3.63, 3.8) is 0 Å². The molecule has 1 unspecified atom stereocenters. The van der Waals surface area contributed by atoms with Gasteiger partial charge in [-0.25, -0.2) is 0 Å². The molecule has 0 aromatic carbocycles. The second-order valence-electron chi connectivity index (χ2n) is 4.38. The fourth-order valence-electron chi connectivity index (χ4n) is 2.44. The number of nitrogens with zero attached hydrogens (tertiary/aromatic N) is 2. The average molecular weight is 216 g/mol. The molecule has 1 fully saturated rings. The van der Waals surface area contributed by atoms with E-state index in [2.05, 4.69) is 0 Å². The second kappa shape index (κ2) is 4.55. The predicted octanol–water partition coefficient (Wildman–Crippen LogP) is 1.88. The van der Waals surface area contributed by atoms with Crippen molar-refractivity contribution < 1.29 is 9.85 Å². The lowest BCUT2D eigenvalue weighted by atomic mass is 9.69. The topological polar surface area (TPSA) is 86.3 Å². The maximum atomic E-state index is 10.8. The van der Waals surface area contributed by atoms with Crippen LogP contribution in [0.1, 0.15) is 39.0 Å². The Morgan fingerprint density at radius 2 is 1.73 bits per heavy atom. The van der Waals surface area contributed by atoms with Crippen LogP contribution >= 0.6 is 0 Å². The summed E-state index contributed by atoms with van der Waals surface area (Å²) in [6.45, 7) is 1.23. The lowest BCUT2D eigenvalue weighted by Crippen LogP contribution is -2.45. The molecule has 0 bridgehead atoms. The summed E-state index contributed by atoms with van der Waals surface area (Å²) in [4.78, 5) is 20.6. The van der Waals surface area contributed by atoms with Crippen molar-refractivity contribution in [2.24, 2.45) is 5.41 Å². The van der Waals surface area contributed by atoms with Crippen molar-refractivity contribution in [3.8, 4) is 0 Å². The number of hydrogen-bond donors (Lipinski definition) is 0. The van der Waals surface area contributed by atoms with E-state index in [1.165, 1.54) is 6.92 Å². The van der Waals surface area contributed by atoms with Crippen LogP contribution in [0, 0.1) is 25.6 Å². The van der Waals surface area contributed by atoms with Gasteiger partial charge in [-0.1, -0.05) is 19.3 Å². The van der Waals surface area contributed by atoms with E-state index < -0.39 is 16.4 Å². The number of nitro groups is 2. The number of hydrogen-bond acceptors (Lipinski definition) is 4. The first-order chi connectivity index (χ1) is 6.98. The third kappa shape index (κ3) is 2.64. The van der Waals surface area contributed by atoms with E-state index in [1.54, 1.807) is 0 Å². The standard InChI is InChI=1S/C9H16N2O4/c1-8(11(14)15)9(7-10(12)13)5-3-2-4-6-9/h8H,2-7H2,1H3. The third-order valence-electron chi connectivity index (χ3n) is 3.50. The van der Waals surface area contributed by atoms with Gasteiger partial charge in [-0.2, -0.15) is 0 Å². The molecule has 6 nitrogen and oxygen atoms in total. The van der Waals surface area contributed by atoms with Crippen LogP contribution in [-0.2, 0) is 0 Å². The predicted molar refractivity (Wildman–Crippen MR) is 53.8 cm³/mol. The lowest BCUT2D eigenvalue weighted by Gasteiger charge is -2.33. The Balaban J connectivity index is 2.83. The van der Waals surface area contributed by atoms with Crippen molar-refractivity contribution in [1.82, 2.24) is 0 Å². The molecule has 6 heteroatoms. The SMILES string of the molecule is CC([N+](=O)[O-])C1(C[N+](=O)[O-])CCCCC1. The van der Waals surface area contributed by atoms with Gasteiger partial charge in [0.2, 0.25) is 12.6 Å². The van der Waals surface area contributed by atoms with Gasteiger partial charge in [0.15, 0.2) is 0 Å². The monoisotopic (exact) mass is 216 g/mol.